The van der Waals surface area contributed by atoms with Crippen molar-refractivity contribution in [1.29, 1.82) is 0 Å². The predicted molar refractivity (Wildman–Crippen MR) is 135 cm³/mol. The maximum Gasteiger partial charge on any atom is 0.227 e. The van der Waals surface area contributed by atoms with E-state index >= 15 is 0 Å². The highest BCUT2D eigenvalue weighted by Gasteiger charge is 2.28. The Morgan fingerprint density at radius 3 is 2.74 bits per heavy atom. The van der Waals surface area contributed by atoms with Crippen LogP contribution in [0.4, 0.5) is 0 Å². The van der Waals surface area contributed by atoms with Crippen LogP contribution in [0.2, 0.25) is 5.02 Å². The Bertz CT molecular complexity index is 1080. The molecule has 1 aliphatic carbocycles. The zero-order valence-corrected chi connectivity index (χ0v) is 20.3. The molecule has 2 aromatic carbocycles. The molecule has 0 radical (unpaired) electrons. The van der Waals surface area contributed by atoms with E-state index in [-0.39, 0.29) is 6.61 Å². The van der Waals surface area contributed by atoms with Crippen LogP contribution in [-0.4, -0.2) is 52.2 Å². The summed E-state index contributed by atoms with van der Waals surface area (Å²) in [5.41, 5.74) is 2.70. The number of benzene rings is 2. The lowest BCUT2D eigenvalue weighted by atomic mass is 10.2. The van der Waals surface area contributed by atoms with Crippen LogP contribution in [0.25, 0.3) is 5.69 Å². The Labute approximate surface area is 206 Å². The first-order chi connectivity index (χ1) is 16.5. The SMILES string of the molecule is C=CCOC[C@@H](O)CN(Cc1c(C)nn(-c2cccc(Cl)c2)c1Oc1ccccc1)CC1CC1. The molecule has 0 bridgehead atoms. The number of aryl methyl sites for hydroxylation is 1. The molecule has 1 saturated carbocycles. The number of hydrogen-bond donors (Lipinski definition) is 1. The molecule has 1 aliphatic rings. The zero-order valence-electron chi connectivity index (χ0n) is 19.6. The van der Waals surface area contributed by atoms with Crippen molar-refractivity contribution >= 4 is 11.6 Å². The molecular weight excluding hydrogens is 450 g/mol. The number of ether oxygens (including phenoxy) is 2. The van der Waals surface area contributed by atoms with E-state index in [0.29, 0.717) is 36.5 Å². The van der Waals surface area contributed by atoms with Crippen molar-refractivity contribution in [3.8, 4) is 17.3 Å². The number of aromatic nitrogens is 2. The van der Waals surface area contributed by atoms with E-state index in [4.69, 9.17) is 26.2 Å². The summed E-state index contributed by atoms with van der Waals surface area (Å²) in [6.45, 7) is 8.41. The quantitative estimate of drug-likeness (QED) is 0.261. The van der Waals surface area contributed by atoms with Gasteiger partial charge in [0.25, 0.3) is 0 Å². The number of halogens is 1. The van der Waals surface area contributed by atoms with Crippen LogP contribution < -0.4 is 4.74 Å². The minimum atomic E-state index is -0.583. The molecule has 6 nitrogen and oxygen atoms in total. The fraction of sp³-hybridized carbons (Fsp3) is 0.370. The lowest BCUT2D eigenvalue weighted by Gasteiger charge is -2.25. The molecule has 0 spiro atoms. The Hall–Kier alpha value is -2.64. The molecule has 1 heterocycles. The second-order valence-corrected chi connectivity index (χ2v) is 9.23. The molecule has 1 atom stereocenters. The number of aliphatic hydroxyl groups excluding tert-OH is 1. The lowest BCUT2D eigenvalue weighted by Crippen LogP contribution is -2.36. The fourth-order valence-electron chi connectivity index (χ4n) is 3.94. The minimum Gasteiger partial charge on any atom is -0.439 e. The van der Waals surface area contributed by atoms with Crippen molar-refractivity contribution in [3.05, 3.63) is 83.5 Å². The number of aliphatic hydroxyl groups is 1. The highest BCUT2D eigenvalue weighted by atomic mass is 35.5. The molecule has 0 amide bonds. The van der Waals surface area contributed by atoms with Crippen molar-refractivity contribution in [1.82, 2.24) is 14.7 Å². The molecule has 0 saturated heterocycles. The van der Waals surface area contributed by atoms with E-state index in [1.165, 1.54) is 12.8 Å². The van der Waals surface area contributed by atoms with Gasteiger partial charge in [0, 0.05) is 24.7 Å². The Kier molecular flexibility index (Phi) is 8.40. The van der Waals surface area contributed by atoms with Crippen LogP contribution in [-0.2, 0) is 11.3 Å². The highest BCUT2D eigenvalue weighted by Crippen LogP contribution is 2.34. The van der Waals surface area contributed by atoms with Crippen molar-refractivity contribution in [3.63, 3.8) is 0 Å². The summed E-state index contributed by atoms with van der Waals surface area (Å²) in [6.07, 6.45) is 3.57. The third kappa shape index (κ3) is 6.70. The average Bonchev–Trinajstić information content (AvgIpc) is 3.59. The van der Waals surface area contributed by atoms with E-state index in [2.05, 4.69) is 11.5 Å². The second-order valence-electron chi connectivity index (χ2n) is 8.79. The van der Waals surface area contributed by atoms with Crippen LogP contribution in [0.1, 0.15) is 24.1 Å². The molecular formula is C27H32ClN3O3. The first kappa shape index (κ1) is 24.5. The van der Waals surface area contributed by atoms with Gasteiger partial charge >= 0.3 is 0 Å². The van der Waals surface area contributed by atoms with Gasteiger partial charge in [0.15, 0.2) is 0 Å². The van der Waals surface area contributed by atoms with E-state index < -0.39 is 6.10 Å². The molecule has 0 aliphatic heterocycles. The van der Waals surface area contributed by atoms with Gasteiger partial charge in [-0.2, -0.15) is 5.10 Å². The van der Waals surface area contributed by atoms with E-state index in [1.807, 2.05) is 66.2 Å². The molecule has 34 heavy (non-hydrogen) atoms. The average molecular weight is 482 g/mol. The van der Waals surface area contributed by atoms with Gasteiger partial charge in [-0.25, -0.2) is 4.68 Å². The summed E-state index contributed by atoms with van der Waals surface area (Å²) in [7, 11) is 0. The maximum absolute atomic E-state index is 10.6. The van der Waals surface area contributed by atoms with Crippen molar-refractivity contribution in [2.75, 3.05) is 26.3 Å². The Balaban J connectivity index is 1.63. The van der Waals surface area contributed by atoms with Gasteiger partial charge in [0.2, 0.25) is 5.88 Å². The molecule has 0 unspecified atom stereocenters. The van der Waals surface area contributed by atoms with Gasteiger partial charge < -0.3 is 14.6 Å². The molecule has 3 aromatic rings. The van der Waals surface area contributed by atoms with Crippen molar-refractivity contribution in [2.45, 2.75) is 32.4 Å². The standard InChI is InChI=1S/C27H32ClN3O3/c1-3-14-33-19-24(32)17-30(16-21-12-13-21)18-26-20(2)29-31(23-9-7-8-22(28)15-23)27(26)34-25-10-5-4-6-11-25/h3-11,15,21,24,32H,1,12-14,16-19H2,2H3/t24-/m0/s1. The van der Waals surface area contributed by atoms with E-state index in [1.54, 1.807) is 6.08 Å². The summed E-state index contributed by atoms with van der Waals surface area (Å²) >= 11 is 6.28. The predicted octanol–water partition coefficient (Wildman–Crippen LogP) is 5.40. The summed E-state index contributed by atoms with van der Waals surface area (Å²) in [5.74, 6) is 2.06. The van der Waals surface area contributed by atoms with E-state index in [0.717, 1.165) is 29.2 Å². The summed E-state index contributed by atoms with van der Waals surface area (Å²) in [5, 5.41) is 16.0. The van der Waals surface area contributed by atoms with Crippen LogP contribution in [0.5, 0.6) is 11.6 Å². The molecule has 1 fully saturated rings. The topological polar surface area (TPSA) is 59.8 Å². The third-order valence-electron chi connectivity index (χ3n) is 5.76. The van der Waals surface area contributed by atoms with Crippen LogP contribution >= 0.6 is 11.6 Å². The smallest absolute Gasteiger partial charge is 0.227 e. The first-order valence-corrected chi connectivity index (χ1v) is 12.1. The second kappa shape index (κ2) is 11.7. The third-order valence-corrected chi connectivity index (χ3v) is 5.99. The summed E-state index contributed by atoms with van der Waals surface area (Å²) in [4.78, 5) is 2.28. The zero-order chi connectivity index (χ0) is 23.9. The molecule has 1 N–H and O–H groups in total. The number of para-hydroxylation sites is 1. The maximum atomic E-state index is 10.6. The molecule has 1 aromatic heterocycles. The number of hydrogen-bond acceptors (Lipinski definition) is 5. The van der Waals surface area contributed by atoms with Crippen molar-refractivity contribution in [2.24, 2.45) is 5.92 Å². The Morgan fingerprint density at radius 2 is 2.03 bits per heavy atom. The van der Waals surface area contributed by atoms with Crippen LogP contribution in [0.15, 0.2) is 67.3 Å². The van der Waals surface area contributed by atoms with Gasteiger partial charge in [-0.15, -0.1) is 6.58 Å². The normalized spacial score (nSPS) is 14.4. The van der Waals surface area contributed by atoms with Crippen LogP contribution in [0.3, 0.4) is 0 Å². The largest absolute Gasteiger partial charge is 0.439 e. The molecule has 4 rings (SSSR count). The Morgan fingerprint density at radius 1 is 1.24 bits per heavy atom. The van der Waals surface area contributed by atoms with Gasteiger partial charge in [-0.3, -0.25) is 4.90 Å². The number of rotatable bonds is 13. The monoisotopic (exact) mass is 481 g/mol. The van der Waals surface area contributed by atoms with Gasteiger partial charge in [0.05, 0.1) is 36.3 Å². The highest BCUT2D eigenvalue weighted by molar-refractivity contribution is 6.30. The van der Waals surface area contributed by atoms with E-state index in [9.17, 15) is 5.11 Å². The first-order valence-electron chi connectivity index (χ1n) is 11.7. The summed E-state index contributed by atoms with van der Waals surface area (Å²) < 4.78 is 13.7. The number of nitrogens with zero attached hydrogens (tertiary/aromatic N) is 3. The lowest BCUT2D eigenvalue weighted by molar-refractivity contribution is 0.0235. The van der Waals surface area contributed by atoms with Crippen LogP contribution in [0, 0.1) is 12.8 Å². The minimum absolute atomic E-state index is 0.279. The molecule has 7 heteroatoms. The van der Waals surface area contributed by atoms with Gasteiger partial charge in [0.1, 0.15) is 5.75 Å². The van der Waals surface area contributed by atoms with Gasteiger partial charge in [-0.1, -0.05) is 41.9 Å². The molecule has 180 valence electrons. The van der Waals surface area contributed by atoms with Gasteiger partial charge in [-0.05, 0) is 56.0 Å². The fourth-order valence-corrected chi connectivity index (χ4v) is 4.12. The summed E-state index contributed by atoms with van der Waals surface area (Å²) in [6, 6.07) is 17.3. The van der Waals surface area contributed by atoms with Crippen molar-refractivity contribution < 1.29 is 14.6 Å².